The average Bonchev–Trinajstić information content (AvgIpc) is 3.19. The molecule has 0 amide bonds. The number of ether oxygens (including phenoxy) is 1. The molecule has 2 atom stereocenters. The van der Waals surface area contributed by atoms with Crippen molar-refractivity contribution in [2.45, 2.75) is 37.8 Å². The van der Waals surface area contributed by atoms with Crippen LogP contribution in [0.3, 0.4) is 0 Å². The number of hydrogen-bond donors (Lipinski definition) is 0. The van der Waals surface area contributed by atoms with E-state index in [2.05, 4.69) is 77.4 Å². The molecule has 182 valence electrons. The molecule has 0 radical (unpaired) electrons. The molecule has 0 bridgehead atoms. The number of likely N-dealkylation sites (tertiary alicyclic amines) is 2. The van der Waals surface area contributed by atoms with E-state index in [-0.39, 0.29) is 11.9 Å². The topological polar surface area (TPSA) is 32.8 Å². The van der Waals surface area contributed by atoms with Gasteiger partial charge in [-0.05, 0) is 62.0 Å². The van der Waals surface area contributed by atoms with Gasteiger partial charge in [-0.25, -0.2) is 4.79 Å². The lowest BCUT2D eigenvalue weighted by atomic mass is 9.87. The fraction of sp³-hybridized carbons (Fsp3) is 0.387. The van der Waals surface area contributed by atoms with Crippen LogP contribution >= 0.6 is 0 Å². The Balaban J connectivity index is 1.27. The van der Waals surface area contributed by atoms with Gasteiger partial charge in [-0.15, -0.1) is 0 Å². The summed E-state index contributed by atoms with van der Waals surface area (Å²) in [6.07, 6.45) is 2.37. The zero-order chi connectivity index (χ0) is 24.1. The third-order valence-corrected chi connectivity index (χ3v) is 7.80. The highest BCUT2D eigenvalue weighted by Gasteiger charge is 2.47. The lowest BCUT2D eigenvalue weighted by molar-refractivity contribution is -0.0301. The monoisotopic (exact) mass is 468 g/mol. The predicted molar refractivity (Wildman–Crippen MR) is 140 cm³/mol. The van der Waals surface area contributed by atoms with E-state index < -0.39 is 5.60 Å². The first-order valence-electron chi connectivity index (χ1n) is 12.9. The molecular formula is C31H36N2O2. The number of carbonyl (C=O) groups excluding carboxylic acids is 1. The summed E-state index contributed by atoms with van der Waals surface area (Å²) in [4.78, 5) is 18.1. The van der Waals surface area contributed by atoms with Crippen LogP contribution in [0.15, 0.2) is 91.0 Å². The molecule has 0 saturated carbocycles. The fourth-order valence-electron chi connectivity index (χ4n) is 5.80. The molecule has 0 aliphatic carbocycles. The number of nitrogens with zero attached hydrogens (tertiary/aromatic N) is 2. The van der Waals surface area contributed by atoms with Crippen LogP contribution < -0.4 is 0 Å². The van der Waals surface area contributed by atoms with Crippen LogP contribution in [-0.4, -0.2) is 54.1 Å². The summed E-state index contributed by atoms with van der Waals surface area (Å²) < 4.78 is 6.29. The molecule has 3 aromatic rings. The Morgan fingerprint density at radius 2 is 1.46 bits per heavy atom. The number of piperidine rings is 1. The van der Waals surface area contributed by atoms with Crippen molar-refractivity contribution in [1.82, 2.24) is 9.80 Å². The molecular weight excluding hydrogens is 432 g/mol. The van der Waals surface area contributed by atoms with Crippen molar-refractivity contribution < 1.29 is 9.53 Å². The van der Waals surface area contributed by atoms with Crippen molar-refractivity contribution >= 4 is 5.97 Å². The minimum atomic E-state index is -0.516. The van der Waals surface area contributed by atoms with Crippen LogP contribution in [0.4, 0.5) is 0 Å². The number of esters is 1. The molecule has 2 fully saturated rings. The highest BCUT2D eigenvalue weighted by molar-refractivity contribution is 5.89. The molecule has 0 aromatic heterocycles. The molecule has 2 heterocycles. The van der Waals surface area contributed by atoms with Crippen molar-refractivity contribution in [3.8, 4) is 0 Å². The second-order valence-corrected chi connectivity index (χ2v) is 10.4. The molecule has 2 saturated heterocycles. The molecule has 3 aromatic carbocycles. The van der Waals surface area contributed by atoms with Crippen molar-refractivity contribution in [2.75, 3.05) is 32.7 Å². The first-order valence-corrected chi connectivity index (χ1v) is 12.9. The van der Waals surface area contributed by atoms with Crippen molar-refractivity contribution in [3.63, 3.8) is 0 Å². The second kappa shape index (κ2) is 10.8. The minimum Gasteiger partial charge on any atom is -0.454 e. The Bertz CT molecular complexity index is 1080. The van der Waals surface area contributed by atoms with Gasteiger partial charge in [-0.1, -0.05) is 78.9 Å². The minimum absolute atomic E-state index is 0.220. The van der Waals surface area contributed by atoms with Gasteiger partial charge in [0, 0.05) is 32.1 Å². The van der Waals surface area contributed by atoms with E-state index in [1.807, 2.05) is 30.3 Å². The van der Waals surface area contributed by atoms with Gasteiger partial charge in [-0.3, -0.25) is 4.90 Å². The molecule has 0 spiro atoms. The van der Waals surface area contributed by atoms with Crippen molar-refractivity contribution in [3.05, 3.63) is 108 Å². The third kappa shape index (κ3) is 5.83. The fourth-order valence-corrected chi connectivity index (χ4v) is 5.80. The van der Waals surface area contributed by atoms with Gasteiger partial charge in [0.2, 0.25) is 0 Å². The number of carbonyl (C=O) groups is 1. The molecule has 2 aliphatic rings. The number of rotatable bonds is 7. The maximum absolute atomic E-state index is 13.1. The lowest BCUT2D eigenvalue weighted by Gasteiger charge is -2.37. The molecule has 4 nitrogen and oxygen atoms in total. The summed E-state index contributed by atoms with van der Waals surface area (Å²) in [5, 5.41) is 0. The maximum atomic E-state index is 13.1. The molecule has 5 rings (SSSR count). The summed E-state index contributed by atoms with van der Waals surface area (Å²) in [6, 6.07) is 30.9. The Labute approximate surface area is 209 Å². The maximum Gasteiger partial charge on any atom is 0.338 e. The standard InChI is InChI=1S/C31H36N2O2/c1-31(35-30(34)28-15-9-4-10-16-28)24-33(21-25-11-5-2-6-12-25)23-29(31)22-32-19-17-27(18-20-32)26-13-7-3-8-14-26/h2-16,27,29H,17-24H2,1H3. The predicted octanol–water partition coefficient (Wildman–Crippen LogP) is 5.61. The Morgan fingerprint density at radius 3 is 2.11 bits per heavy atom. The Hall–Kier alpha value is -2.95. The van der Waals surface area contributed by atoms with Gasteiger partial charge in [0.05, 0.1) is 5.56 Å². The molecule has 0 N–H and O–H groups in total. The van der Waals surface area contributed by atoms with Crippen LogP contribution in [0, 0.1) is 5.92 Å². The van der Waals surface area contributed by atoms with Crippen molar-refractivity contribution in [1.29, 1.82) is 0 Å². The summed E-state index contributed by atoms with van der Waals surface area (Å²) in [5.74, 6) is 0.697. The SMILES string of the molecule is CC1(OC(=O)c2ccccc2)CN(Cc2ccccc2)CC1CN1CCC(c2ccccc2)CC1. The van der Waals surface area contributed by atoms with E-state index >= 15 is 0 Å². The first-order chi connectivity index (χ1) is 17.1. The van der Waals surface area contributed by atoms with E-state index in [0.29, 0.717) is 11.5 Å². The van der Waals surface area contributed by atoms with Gasteiger partial charge in [0.1, 0.15) is 5.60 Å². The van der Waals surface area contributed by atoms with E-state index in [1.165, 1.54) is 24.0 Å². The summed E-state index contributed by atoms with van der Waals surface area (Å²) in [6.45, 7) is 7.87. The van der Waals surface area contributed by atoms with Gasteiger partial charge in [0.15, 0.2) is 0 Å². The van der Waals surface area contributed by atoms with Crippen LogP contribution in [0.5, 0.6) is 0 Å². The number of benzene rings is 3. The first kappa shape index (κ1) is 23.8. The summed E-state index contributed by atoms with van der Waals surface area (Å²) in [5.41, 5.74) is 2.87. The number of hydrogen-bond acceptors (Lipinski definition) is 4. The smallest absolute Gasteiger partial charge is 0.338 e. The van der Waals surface area contributed by atoms with Crippen LogP contribution in [0.1, 0.15) is 47.2 Å². The summed E-state index contributed by atoms with van der Waals surface area (Å²) >= 11 is 0. The van der Waals surface area contributed by atoms with Crippen LogP contribution in [0.2, 0.25) is 0 Å². The Morgan fingerprint density at radius 1 is 0.857 bits per heavy atom. The highest BCUT2D eigenvalue weighted by Crippen LogP contribution is 2.35. The zero-order valence-electron chi connectivity index (χ0n) is 20.7. The van der Waals surface area contributed by atoms with E-state index in [1.54, 1.807) is 0 Å². The van der Waals surface area contributed by atoms with Crippen molar-refractivity contribution in [2.24, 2.45) is 5.92 Å². The van der Waals surface area contributed by atoms with E-state index in [4.69, 9.17) is 4.74 Å². The quantitative estimate of drug-likeness (QED) is 0.422. The van der Waals surface area contributed by atoms with Gasteiger partial charge >= 0.3 is 5.97 Å². The third-order valence-electron chi connectivity index (χ3n) is 7.80. The average molecular weight is 469 g/mol. The largest absolute Gasteiger partial charge is 0.454 e. The summed E-state index contributed by atoms with van der Waals surface area (Å²) in [7, 11) is 0. The highest BCUT2D eigenvalue weighted by atomic mass is 16.6. The van der Waals surface area contributed by atoms with Gasteiger partial charge in [0.25, 0.3) is 0 Å². The molecule has 2 unspecified atom stereocenters. The Kier molecular flexibility index (Phi) is 7.31. The van der Waals surface area contributed by atoms with Gasteiger partial charge in [-0.2, -0.15) is 0 Å². The van der Waals surface area contributed by atoms with E-state index in [9.17, 15) is 4.79 Å². The molecule has 4 heteroatoms. The normalized spacial score (nSPS) is 23.9. The zero-order valence-corrected chi connectivity index (χ0v) is 20.7. The van der Waals surface area contributed by atoms with Crippen LogP contribution in [0.25, 0.3) is 0 Å². The van der Waals surface area contributed by atoms with E-state index in [0.717, 1.165) is 39.3 Å². The molecule has 35 heavy (non-hydrogen) atoms. The molecule has 2 aliphatic heterocycles. The van der Waals surface area contributed by atoms with Gasteiger partial charge < -0.3 is 9.64 Å². The second-order valence-electron chi connectivity index (χ2n) is 10.4. The van der Waals surface area contributed by atoms with Crippen LogP contribution in [-0.2, 0) is 11.3 Å². The lowest BCUT2D eigenvalue weighted by Crippen LogP contribution is -2.46.